The average Bonchev–Trinajstić information content (AvgIpc) is 2.75. The van der Waals surface area contributed by atoms with E-state index in [0.29, 0.717) is 0 Å². The van der Waals surface area contributed by atoms with E-state index in [0.717, 1.165) is 5.76 Å². The van der Waals surface area contributed by atoms with Gasteiger partial charge in [-0.15, -0.1) is 0 Å². The Bertz CT molecular complexity index is 460. The molecule has 0 fully saturated rings. The third-order valence-corrected chi connectivity index (χ3v) is 2.85. The quantitative estimate of drug-likeness (QED) is 0.850. The Morgan fingerprint density at radius 2 is 2.00 bits per heavy atom. The van der Waals surface area contributed by atoms with E-state index in [-0.39, 0.29) is 6.04 Å². The fraction of sp³-hybridized carbons (Fsp3) is 0.286. The molecule has 1 heterocycles. The maximum Gasteiger partial charge on any atom is 0.125 e. The van der Waals surface area contributed by atoms with Gasteiger partial charge in [0.1, 0.15) is 5.76 Å². The van der Waals surface area contributed by atoms with E-state index in [1.165, 1.54) is 16.7 Å². The maximum atomic E-state index is 5.46. The Kier molecular flexibility index (Phi) is 3.11. The summed E-state index contributed by atoms with van der Waals surface area (Å²) < 4.78 is 5.46. The summed E-state index contributed by atoms with van der Waals surface area (Å²) in [5.74, 6) is 0.953. The van der Waals surface area contributed by atoms with Crippen LogP contribution in [0.4, 0.5) is 0 Å². The van der Waals surface area contributed by atoms with Gasteiger partial charge in [-0.1, -0.05) is 23.8 Å². The first-order chi connectivity index (χ1) is 7.72. The number of hydrogen-bond donors (Lipinski definition) is 1. The minimum Gasteiger partial charge on any atom is -0.467 e. The molecule has 0 aliphatic heterocycles. The van der Waals surface area contributed by atoms with Crippen molar-refractivity contribution in [2.75, 3.05) is 7.05 Å². The van der Waals surface area contributed by atoms with Crippen LogP contribution < -0.4 is 5.32 Å². The zero-order valence-electron chi connectivity index (χ0n) is 9.95. The summed E-state index contributed by atoms with van der Waals surface area (Å²) in [7, 11) is 1.95. The average molecular weight is 215 g/mol. The number of hydrogen-bond acceptors (Lipinski definition) is 2. The molecular formula is C14H17NO. The molecule has 0 saturated carbocycles. The van der Waals surface area contributed by atoms with Crippen LogP contribution in [-0.2, 0) is 0 Å². The molecule has 1 atom stereocenters. The van der Waals surface area contributed by atoms with Crippen molar-refractivity contribution in [2.45, 2.75) is 19.9 Å². The minimum absolute atomic E-state index is 0.135. The predicted octanol–water partition coefficient (Wildman–Crippen LogP) is 3.21. The molecule has 0 amide bonds. The normalized spacial score (nSPS) is 12.7. The van der Waals surface area contributed by atoms with E-state index >= 15 is 0 Å². The van der Waals surface area contributed by atoms with E-state index in [1.54, 1.807) is 6.26 Å². The molecule has 1 aromatic heterocycles. The lowest BCUT2D eigenvalue weighted by Crippen LogP contribution is -2.18. The van der Waals surface area contributed by atoms with E-state index in [4.69, 9.17) is 4.42 Å². The summed E-state index contributed by atoms with van der Waals surface area (Å²) in [4.78, 5) is 0. The lowest BCUT2D eigenvalue weighted by Gasteiger charge is -2.17. The summed E-state index contributed by atoms with van der Waals surface area (Å²) >= 11 is 0. The van der Waals surface area contributed by atoms with Crippen molar-refractivity contribution in [3.8, 4) is 0 Å². The Hall–Kier alpha value is -1.54. The molecule has 0 spiro atoms. The number of rotatable bonds is 3. The molecule has 0 aliphatic carbocycles. The van der Waals surface area contributed by atoms with Crippen molar-refractivity contribution in [3.05, 3.63) is 59.0 Å². The molecule has 0 bridgehead atoms. The molecule has 1 N–H and O–H groups in total. The Morgan fingerprint density at radius 1 is 1.19 bits per heavy atom. The van der Waals surface area contributed by atoms with Crippen molar-refractivity contribution >= 4 is 0 Å². The summed E-state index contributed by atoms with van der Waals surface area (Å²) in [5.41, 5.74) is 3.84. The van der Waals surface area contributed by atoms with Crippen LogP contribution in [0.5, 0.6) is 0 Å². The zero-order valence-corrected chi connectivity index (χ0v) is 9.95. The largest absolute Gasteiger partial charge is 0.467 e. The molecule has 0 aliphatic rings. The monoisotopic (exact) mass is 215 g/mol. The van der Waals surface area contributed by atoms with Gasteiger partial charge in [-0.05, 0) is 44.2 Å². The molecule has 2 nitrogen and oxygen atoms in total. The van der Waals surface area contributed by atoms with Crippen molar-refractivity contribution in [3.63, 3.8) is 0 Å². The van der Waals surface area contributed by atoms with E-state index in [9.17, 15) is 0 Å². The second-order valence-corrected chi connectivity index (χ2v) is 4.10. The van der Waals surface area contributed by atoms with Crippen LogP contribution in [0.25, 0.3) is 0 Å². The molecule has 0 saturated heterocycles. The Labute approximate surface area is 96.3 Å². The Balaban J connectivity index is 2.41. The molecule has 16 heavy (non-hydrogen) atoms. The summed E-state index contributed by atoms with van der Waals surface area (Å²) in [6.45, 7) is 4.24. The third kappa shape index (κ3) is 2.02. The van der Waals surface area contributed by atoms with Gasteiger partial charge in [-0.25, -0.2) is 0 Å². The molecule has 84 valence electrons. The SMILES string of the molecule is CNC(c1ccco1)c1ccc(C)cc1C. The van der Waals surface area contributed by atoms with Gasteiger partial charge in [0, 0.05) is 0 Å². The van der Waals surface area contributed by atoms with Gasteiger partial charge in [-0.3, -0.25) is 0 Å². The summed E-state index contributed by atoms with van der Waals surface area (Å²) in [6.07, 6.45) is 1.71. The van der Waals surface area contributed by atoms with Crippen LogP contribution in [-0.4, -0.2) is 7.05 Å². The smallest absolute Gasteiger partial charge is 0.125 e. The van der Waals surface area contributed by atoms with Crippen molar-refractivity contribution < 1.29 is 4.42 Å². The van der Waals surface area contributed by atoms with Gasteiger partial charge in [0.2, 0.25) is 0 Å². The Morgan fingerprint density at radius 3 is 2.56 bits per heavy atom. The zero-order chi connectivity index (χ0) is 11.5. The first kappa shape index (κ1) is 11.0. The highest BCUT2D eigenvalue weighted by Gasteiger charge is 2.16. The van der Waals surface area contributed by atoms with Gasteiger partial charge in [0.05, 0.1) is 12.3 Å². The van der Waals surface area contributed by atoms with Crippen LogP contribution in [0.2, 0.25) is 0 Å². The molecule has 1 aromatic carbocycles. The molecule has 1 unspecified atom stereocenters. The molecule has 2 aromatic rings. The lowest BCUT2D eigenvalue weighted by molar-refractivity contribution is 0.462. The van der Waals surface area contributed by atoms with Gasteiger partial charge < -0.3 is 9.73 Å². The fourth-order valence-electron chi connectivity index (χ4n) is 2.06. The fourth-order valence-corrected chi connectivity index (χ4v) is 2.06. The highest BCUT2D eigenvalue weighted by Crippen LogP contribution is 2.25. The van der Waals surface area contributed by atoms with Crippen molar-refractivity contribution in [1.82, 2.24) is 5.32 Å². The minimum atomic E-state index is 0.135. The van der Waals surface area contributed by atoms with Crippen molar-refractivity contribution in [2.24, 2.45) is 0 Å². The van der Waals surface area contributed by atoms with Crippen molar-refractivity contribution in [1.29, 1.82) is 0 Å². The third-order valence-electron chi connectivity index (χ3n) is 2.85. The lowest BCUT2D eigenvalue weighted by atomic mass is 9.98. The number of benzene rings is 1. The van der Waals surface area contributed by atoms with Crippen LogP contribution in [0.1, 0.15) is 28.5 Å². The van der Waals surface area contributed by atoms with Gasteiger partial charge in [0.25, 0.3) is 0 Å². The van der Waals surface area contributed by atoms with E-state index < -0.39 is 0 Å². The highest BCUT2D eigenvalue weighted by atomic mass is 16.3. The highest BCUT2D eigenvalue weighted by molar-refractivity contribution is 5.36. The predicted molar refractivity (Wildman–Crippen MR) is 65.5 cm³/mol. The van der Waals surface area contributed by atoms with E-state index in [2.05, 4.69) is 37.4 Å². The standard InChI is InChI=1S/C14H17NO/c1-10-6-7-12(11(2)9-10)14(15-3)13-5-4-8-16-13/h4-9,14-15H,1-3H3. The summed E-state index contributed by atoms with van der Waals surface area (Å²) in [5, 5.41) is 3.29. The molecule has 2 heteroatoms. The van der Waals surface area contributed by atoms with Crippen LogP contribution in [0.15, 0.2) is 41.0 Å². The number of aryl methyl sites for hydroxylation is 2. The van der Waals surface area contributed by atoms with Gasteiger partial charge >= 0.3 is 0 Å². The van der Waals surface area contributed by atoms with E-state index in [1.807, 2.05) is 19.2 Å². The molecular weight excluding hydrogens is 198 g/mol. The van der Waals surface area contributed by atoms with Crippen LogP contribution >= 0.6 is 0 Å². The molecule has 2 rings (SSSR count). The number of nitrogens with one attached hydrogen (secondary N) is 1. The van der Waals surface area contributed by atoms with Gasteiger partial charge in [0.15, 0.2) is 0 Å². The molecule has 0 radical (unpaired) electrons. The maximum absolute atomic E-state index is 5.46. The topological polar surface area (TPSA) is 25.2 Å². The first-order valence-corrected chi connectivity index (χ1v) is 5.50. The van der Waals surface area contributed by atoms with Crippen LogP contribution in [0, 0.1) is 13.8 Å². The second-order valence-electron chi connectivity index (χ2n) is 4.10. The summed E-state index contributed by atoms with van der Waals surface area (Å²) in [6, 6.07) is 10.5. The second kappa shape index (κ2) is 4.54. The van der Waals surface area contributed by atoms with Crippen LogP contribution in [0.3, 0.4) is 0 Å². The number of furan rings is 1. The first-order valence-electron chi connectivity index (χ1n) is 5.50. The van der Waals surface area contributed by atoms with Gasteiger partial charge in [-0.2, -0.15) is 0 Å².